The maximum Gasteiger partial charge on any atom is 0.416 e. The Morgan fingerprint density at radius 1 is 1.03 bits per heavy atom. The number of halogens is 4. The molecule has 0 fully saturated rings. The Labute approximate surface area is 233 Å². The van der Waals surface area contributed by atoms with E-state index < -0.39 is 23.4 Å². The monoisotopic (exact) mass is 573 g/mol. The molecule has 2 aromatic carbocycles. The zero-order valence-electron chi connectivity index (χ0n) is 22.9. The van der Waals surface area contributed by atoms with Gasteiger partial charge in [-0.25, -0.2) is 0 Å². The highest BCUT2D eigenvalue weighted by Gasteiger charge is 2.30. The van der Waals surface area contributed by atoms with Crippen LogP contribution in [0.4, 0.5) is 13.2 Å². The number of carbonyl (C=O) groups excluding carboxylic acids is 1. The van der Waals surface area contributed by atoms with Crippen LogP contribution in [-0.2, 0) is 31.7 Å². The van der Waals surface area contributed by atoms with Crippen molar-refractivity contribution in [3.8, 4) is 0 Å². The lowest BCUT2D eigenvalue weighted by molar-refractivity contribution is -0.157. The van der Waals surface area contributed by atoms with Crippen LogP contribution in [0.3, 0.4) is 0 Å². The summed E-state index contributed by atoms with van der Waals surface area (Å²) < 4.78 is 48.0. The quantitative estimate of drug-likeness (QED) is 0.137. The summed E-state index contributed by atoms with van der Waals surface area (Å²) in [7, 11) is 1.62. The summed E-state index contributed by atoms with van der Waals surface area (Å²) >= 11 is 5.81. The predicted molar refractivity (Wildman–Crippen MR) is 148 cm³/mol. The van der Waals surface area contributed by atoms with Crippen LogP contribution in [0.25, 0.3) is 0 Å². The maximum atomic E-state index is 12.6. The highest BCUT2D eigenvalue weighted by Crippen LogP contribution is 2.29. The van der Waals surface area contributed by atoms with E-state index in [2.05, 4.69) is 5.16 Å². The van der Waals surface area contributed by atoms with Crippen molar-refractivity contribution in [3.63, 3.8) is 0 Å². The van der Waals surface area contributed by atoms with Gasteiger partial charge in [-0.3, -0.25) is 4.79 Å². The SMILES string of the molecule is CC(N)C(=O)OC(C)(C)Cc1ccc(Cl)cc1.COCCCC/C(=N\OCCN)c1ccc(C(F)(F)F)cc1. The van der Waals surface area contributed by atoms with Gasteiger partial charge >= 0.3 is 12.1 Å². The molecule has 0 heterocycles. The molecule has 0 bridgehead atoms. The van der Waals surface area contributed by atoms with Gasteiger partial charge in [0.25, 0.3) is 0 Å². The number of nitrogens with zero attached hydrogens (tertiary/aromatic N) is 1. The van der Waals surface area contributed by atoms with Crippen LogP contribution >= 0.6 is 11.6 Å². The van der Waals surface area contributed by atoms with Crippen LogP contribution in [0.1, 0.15) is 56.7 Å². The zero-order valence-corrected chi connectivity index (χ0v) is 23.6. The van der Waals surface area contributed by atoms with E-state index in [0.717, 1.165) is 30.5 Å². The number of rotatable bonds is 13. The summed E-state index contributed by atoms with van der Waals surface area (Å²) in [6, 6.07) is 11.8. The summed E-state index contributed by atoms with van der Waals surface area (Å²) in [6.07, 6.45) is -1.47. The molecule has 0 saturated carbocycles. The minimum Gasteiger partial charge on any atom is -0.458 e. The van der Waals surface area contributed by atoms with Gasteiger partial charge in [0.05, 0.1) is 11.3 Å². The molecule has 0 aromatic heterocycles. The Morgan fingerprint density at radius 3 is 2.15 bits per heavy atom. The second-order valence-electron chi connectivity index (χ2n) is 9.46. The average Bonchev–Trinajstić information content (AvgIpc) is 2.86. The van der Waals surface area contributed by atoms with Gasteiger partial charge in [-0.1, -0.05) is 41.0 Å². The van der Waals surface area contributed by atoms with Crippen LogP contribution in [0.15, 0.2) is 53.7 Å². The second kappa shape index (κ2) is 17.1. The van der Waals surface area contributed by atoms with Gasteiger partial charge in [0.15, 0.2) is 0 Å². The van der Waals surface area contributed by atoms with E-state index >= 15 is 0 Å². The molecule has 0 aliphatic heterocycles. The highest BCUT2D eigenvalue weighted by molar-refractivity contribution is 6.30. The van der Waals surface area contributed by atoms with Crippen LogP contribution in [0, 0.1) is 0 Å². The van der Waals surface area contributed by atoms with E-state index in [1.165, 1.54) is 12.1 Å². The van der Waals surface area contributed by atoms with Crippen LogP contribution in [-0.4, -0.2) is 50.2 Å². The molecule has 4 N–H and O–H groups in total. The number of carbonyl (C=O) groups is 1. The van der Waals surface area contributed by atoms with Crippen molar-refractivity contribution in [2.45, 2.75) is 64.3 Å². The molecule has 0 spiro atoms. The van der Waals surface area contributed by atoms with Gasteiger partial charge in [-0.15, -0.1) is 0 Å². The molecule has 0 radical (unpaired) electrons. The molecule has 2 rings (SSSR count). The number of methoxy groups -OCH3 is 1. The van der Waals surface area contributed by atoms with Crippen LogP contribution in [0.2, 0.25) is 5.02 Å². The lowest BCUT2D eigenvalue weighted by Gasteiger charge is -2.26. The largest absolute Gasteiger partial charge is 0.458 e. The van der Waals surface area contributed by atoms with E-state index in [9.17, 15) is 18.0 Å². The third kappa shape index (κ3) is 14.3. The fourth-order valence-electron chi connectivity index (χ4n) is 3.30. The van der Waals surface area contributed by atoms with Crippen molar-refractivity contribution >= 4 is 23.3 Å². The van der Waals surface area contributed by atoms with Gasteiger partial charge < -0.3 is 25.8 Å². The van der Waals surface area contributed by atoms with Crippen molar-refractivity contribution in [1.29, 1.82) is 0 Å². The first-order valence-electron chi connectivity index (χ1n) is 12.6. The van der Waals surface area contributed by atoms with Crippen LogP contribution in [0.5, 0.6) is 0 Å². The van der Waals surface area contributed by atoms with Gasteiger partial charge in [0, 0.05) is 31.7 Å². The Balaban J connectivity index is 0.000000403. The van der Waals surface area contributed by atoms with E-state index in [0.29, 0.717) is 42.3 Å². The molecule has 7 nitrogen and oxygen atoms in total. The third-order valence-corrected chi connectivity index (χ3v) is 5.49. The van der Waals surface area contributed by atoms with Crippen molar-refractivity contribution in [2.24, 2.45) is 16.6 Å². The van der Waals surface area contributed by atoms with Crippen molar-refractivity contribution in [1.82, 2.24) is 0 Å². The van der Waals surface area contributed by atoms with Gasteiger partial charge in [-0.05, 0) is 75.4 Å². The van der Waals surface area contributed by atoms with E-state index in [1.807, 2.05) is 38.1 Å². The summed E-state index contributed by atoms with van der Waals surface area (Å²) in [4.78, 5) is 16.5. The van der Waals surface area contributed by atoms with Crippen molar-refractivity contribution in [3.05, 3.63) is 70.2 Å². The Morgan fingerprint density at radius 2 is 1.64 bits per heavy atom. The molecule has 1 unspecified atom stereocenters. The average molecular weight is 574 g/mol. The zero-order chi connectivity index (χ0) is 29.5. The Kier molecular flexibility index (Phi) is 15.1. The predicted octanol–water partition coefficient (Wildman–Crippen LogP) is 5.75. The summed E-state index contributed by atoms with van der Waals surface area (Å²) in [5, 5.41) is 4.68. The summed E-state index contributed by atoms with van der Waals surface area (Å²) in [5.74, 6) is -0.385. The molecule has 0 aliphatic rings. The van der Waals surface area contributed by atoms with Gasteiger partial charge in [0.1, 0.15) is 18.2 Å². The molecule has 1 atom stereocenters. The number of unbranched alkanes of at least 4 members (excludes halogenated alkanes) is 1. The molecule has 0 amide bonds. The van der Waals surface area contributed by atoms with Crippen LogP contribution < -0.4 is 11.5 Å². The van der Waals surface area contributed by atoms with E-state index in [1.54, 1.807) is 14.0 Å². The Bertz CT molecular complexity index is 1010. The molecular formula is C28H39ClF3N3O4. The van der Waals surface area contributed by atoms with Crippen molar-refractivity contribution in [2.75, 3.05) is 26.9 Å². The van der Waals surface area contributed by atoms with E-state index in [4.69, 9.17) is 37.4 Å². The maximum absolute atomic E-state index is 12.6. The number of esters is 1. The Hall–Kier alpha value is -2.66. The normalized spacial score (nSPS) is 12.8. The first kappa shape index (κ1) is 34.4. The number of nitrogens with two attached hydrogens (primary N) is 2. The smallest absolute Gasteiger partial charge is 0.416 e. The number of ether oxygens (including phenoxy) is 2. The molecule has 39 heavy (non-hydrogen) atoms. The minimum absolute atomic E-state index is 0.266. The van der Waals surface area contributed by atoms with Crippen molar-refractivity contribution < 1.29 is 32.3 Å². The van der Waals surface area contributed by atoms with E-state index in [-0.39, 0.29) is 12.6 Å². The second-order valence-corrected chi connectivity index (χ2v) is 9.89. The number of hydrogen-bond acceptors (Lipinski definition) is 7. The fourth-order valence-corrected chi connectivity index (χ4v) is 3.43. The molecular weight excluding hydrogens is 535 g/mol. The first-order valence-corrected chi connectivity index (χ1v) is 12.9. The fraction of sp³-hybridized carbons (Fsp3) is 0.500. The summed E-state index contributed by atoms with van der Waals surface area (Å²) in [6.45, 7) is 6.56. The lowest BCUT2D eigenvalue weighted by atomic mass is 9.98. The summed E-state index contributed by atoms with van der Waals surface area (Å²) in [5.41, 5.74) is 11.8. The molecule has 2 aromatic rings. The first-order chi connectivity index (χ1) is 18.3. The number of alkyl halides is 3. The lowest BCUT2D eigenvalue weighted by Crippen LogP contribution is -2.38. The number of hydrogen-bond donors (Lipinski definition) is 2. The molecule has 11 heteroatoms. The van der Waals surface area contributed by atoms with Gasteiger partial charge in [0.2, 0.25) is 0 Å². The highest BCUT2D eigenvalue weighted by atomic mass is 35.5. The topological polar surface area (TPSA) is 109 Å². The molecule has 218 valence electrons. The minimum atomic E-state index is -4.34. The molecule has 0 aliphatic carbocycles. The number of benzene rings is 2. The third-order valence-electron chi connectivity index (χ3n) is 5.23. The number of oxime groups is 1. The van der Waals surface area contributed by atoms with Gasteiger partial charge in [-0.2, -0.15) is 13.2 Å². The standard InChI is InChI=1S/C15H21F3N2O2.C13H18ClNO2/c1-21-10-3-2-4-14(20-22-11-9-19)12-5-7-13(8-6-12)15(16,17)18;1-9(15)12(16)17-13(2,3)8-10-4-6-11(14)7-5-10/h5-8H,2-4,9-11,19H2,1H3;4-7,9H,8,15H2,1-3H3/b20-14+;. The molecule has 0 saturated heterocycles.